The molecule has 0 radical (unpaired) electrons. The van der Waals surface area contributed by atoms with Crippen LogP contribution in [0.2, 0.25) is 0 Å². The minimum absolute atomic E-state index is 0.137. The van der Waals surface area contributed by atoms with Crippen LogP contribution in [0.3, 0.4) is 0 Å². The van der Waals surface area contributed by atoms with Crippen molar-refractivity contribution in [3.63, 3.8) is 0 Å². The summed E-state index contributed by atoms with van der Waals surface area (Å²) in [5, 5.41) is 23.6. The summed E-state index contributed by atoms with van der Waals surface area (Å²) < 4.78 is 0. The second-order valence-electron chi connectivity index (χ2n) is 6.93. The van der Waals surface area contributed by atoms with Crippen molar-refractivity contribution >= 4 is 11.6 Å². The van der Waals surface area contributed by atoms with Crippen molar-refractivity contribution in [2.45, 2.75) is 31.8 Å². The largest absolute Gasteiger partial charge is 0.508 e. The first-order valence-corrected chi connectivity index (χ1v) is 9.13. The Labute approximate surface area is 154 Å². The van der Waals surface area contributed by atoms with Crippen LogP contribution in [-0.2, 0) is 6.42 Å². The van der Waals surface area contributed by atoms with Crippen molar-refractivity contribution in [3.8, 4) is 5.75 Å². The zero-order chi connectivity index (χ0) is 18.6. The molecule has 3 N–H and O–H groups in total. The van der Waals surface area contributed by atoms with Crippen LogP contribution in [0.4, 0.5) is 5.69 Å². The number of nitrogens with one attached hydrogen (secondary N) is 1. The summed E-state index contributed by atoms with van der Waals surface area (Å²) in [6, 6.07) is 14.8. The molecule has 5 nitrogen and oxygen atoms in total. The fourth-order valence-corrected chi connectivity index (χ4v) is 3.55. The minimum atomic E-state index is -0.736. The molecule has 0 saturated carbocycles. The number of hydrogen-bond acceptors (Lipinski definition) is 4. The van der Waals surface area contributed by atoms with Crippen molar-refractivity contribution in [1.29, 1.82) is 0 Å². The number of rotatable bonds is 5. The molecule has 5 heteroatoms. The summed E-state index contributed by atoms with van der Waals surface area (Å²) in [4.78, 5) is 14.4. The summed E-state index contributed by atoms with van der Waals surface area (Å²) >= 11 is 0. The van der Waals surface area contributed by atoms with E-state index in [1.165, 1.54) is 6.07 Å². The van der Waals surface area contributed by atoms with Crippen molar-refractivity contribution in [3.05, 3.63) is 59.7 Å². The molecule has 26 heavy (non-hydrogen) atoms. The van der Waals surface area contributed by atoms with Crippen molar-refractivity contribution in [2.75, 3.05) is 24.5 Å². The molecule has 2 aromatic rings. The van der Waals surface area contributed by atoms with E-state index >= 15 is 0 Å². The Hall–Kier alpha value is -2.53. The third kappa shape index (κ3) is 4.17. The summed E-state index contributed by atoms with van der Waals surface area (Å²) in [5.41, 5.74) is 1.67. The van der Waals surface area contributed by atoms with Crippen LogP contribution in [0.1, 0.15) is 35.7 Å². The monoisotopic (exact) mass is 354 g/mol. The number of phenolic OH excluding ortho intramolecular Hbond substituents is 1. The van der Waals surface area contributed by atoms with Crippen LogP contribution in [0.25, 0.3) is 0 Å². The number of piperidine rings is 1. The molecule has 0 bridgehead atoms. The standard InChI is InChI=1S/C21H26N2O3/c1-2-22-20(25)18-9-8-17(24)14-19(18)23-12-10-21(26,11-13-23)15-16-6-4-3-5-7-16/h3-9,14,24,26H,2,10-13,15H2,1H3,(H,22,25). The van der Waals surface area contributed by atoms with Gasteiger partial charge in [0.2, 0.25) is 0 Å². The van der Waals surface area contributed by atoms with Crippen LogP contribution in [0.5, 0.6) is 5.75 Å². The summed E-state index contributed by atoms with van der Waals surface area (Å²) in [5.74, 6) is -0.00853. The van der Waals surface area contributed by atoms with Crippen LogP contribution in [-0.4, -0.2) is 41.4 Å². The van der Waals surface area contributed by atoms with Gasteiger partial charge in [0, 0.05) is 32.1 Å². The number of anilines is 1. The second kappa shape index (κ2) is 7.79. The Balaban J connectivity index is 1.73. The Morgan fingerprint density at radius 2 is 1.85 bits per heavy atom. The molecule has 1 saturated heterocycles. The maximum Gasteiger partial charge on any atom is 0.253 e. The van der Waals surface area contributed by atoms with E-state index in [2.05, 4.69) is 10.2 Å². The van der Waals surface area contributed by atoms with Crippen molar-refractivity contribution in [2.24, 2.45) is 0 Å². The van der Waals surface area contributed by atoms with E-state index in [-0.39, 0.29) is 11.7 Å². The van der Waals surface area contributed by atoms with Gasteiger partial charge in [-0.3, -0.25) is 4.79 Å². The molecule has 1 aliphatic rings. The first kappa shape index (κ1) is 18.3. The van der Waals surface area contributed by atoms with Gasteiger partial charge in [0.15, 0.2) is 0 Å². The number of aliphatic hydroxyl groups is 1. The maximum atomic E-state index is 12.3. The van der Waals surface area contributed by atoms with Gasteiger partial charge in [-0.15, -0.1) is 0 Å². The quantitative estimate of drug-likeness (QED) is 0.772. The Bertz CT molecular complexity index is 753. The van der Waals surface area contributed by atoms with Gasteiger partial charge < -0.3 is 20.4 Å². The predicted molar refractivity (Wildman–Crippen MR) is 103 cm³/mol. The average molecular weight is 354 g/mol. The molecule has 1 aliphatic heterocycles. The van der Waals surface area contributed by atoms with Gasteiger partial charge in [-0.25, -0.2) is 0 Å². The van der Waals surface area contributed by atoms with Gasteiger partial charge in [-0.05, 0) is 37.5 Å². The molecule has 0 atom stereocenters. The van der Waals surface area contributed by atoms with Crippen LogP contribution < -0.4 is 10.2 Å². The highest BCUT2D eigenvalue weighted by Crippen LogP contribution is 2.32. The number of amides is 1. The SMILES string of the molecule is CCNC(=O)c1ccc(O)cc1N1CCC(O)(Cc2ccccc2)CC1. The number of carbonyl (C=O) groups excluding carboxylic acids is 1. The molecule has 0 spiro atoms. The fourth-order valence-electron chi connectivity index (χ4n) is 3.55. The summed E-state index contributed by atoms with van der Waals surface area (Å²) in [6.07, 6.45) is 1.86. The normalized spacial score (nSPS) is 16.3. The number of hydrogen-bond donors (Lipinski definition) is 3. The van der Waals surface area contributed by atoms with E-state index in [4.69, 9.17) is 0 Å². The minimum Gasteiger partial charge on any atom is -0.508 e. The van der Waals surface area contributed by atoms with Crippen LogP contribution >= 0.6 is 0 Å². The molecule has 1 fully saturated rings. The average Bonchev–Trinajstić information content (AvgIpc) is 2.63. The Morgan fingerprint density at radius 1 is 1.15 bits per heavy atom. The lowest BCUT2D eigenvalue weighted by molar-refractivity contribution is 0.0165. The third-order valence-electron chi connectivity index (χ3n) is 4.97. The van der Waals surface area contributed by atoms with E-state index < -0.39 is 5.60 Å². The van der Waals surface area contributed by atoms with Gasteiger partial charge in [-0.2, -0.15) is 0 Å². The number of benzene rings is 2. The number of phenols is 1. The topological polar surface area (TPSA) is 72.8 Å². The second-order valence-corrected chi connectivity index (χ2v) is 6.93. The molecular weight excluding hydrogens is 328 g/mol. The zero-order valence-electron chi connectivity index (χ0n) is 15.1. The Kier molecular flexibility index (Phi) is 5.47. The van der Waals surface area contributed by atoms with Crippen molar-refractivity contribution in [1.82, 2.24) is 5.32 Å². The molecule has 0 aliphatic carbocycles. The smallest absolute Gasteiger partial charge is 0.253 e. The highest BCUT2D eigenvalue weighted by Gasteiger charge is 2.33. The summed E-state index contributed by atoms with van der Waals surface area (Å²) in [7, 11) is 0. The van der Waals surface area contributed by atoms with E-state index in [1.54, 1.807) is 12.1 Å². The van der Waals surface area contributed by atoms with E-state index in [0.717, 1.165) is 11.3 Å². The molecule has 138 valence electrons. The van der Waals surface area contributed by atoms with E-state index in [0.29, 0.717) is 44.5 Å². The Morgan fingerprint density at radius 3 is 2.50 bits per heavy atom. The number of carbonyl (C=O) groups is 1. The molecule has 1 amide bonds. The molecular formula is C21H26N2O3. The van der Waals surface area contributed by atoms with Gasteiger partial charge in [0.05, 0.1) is 16.9 Å². The van der Waals surface area contributed by atoms with Crippen molar-refractivity contribution < 1.29 is 15.0 Å². The predicted octanol–water partition coefficient (Wildman–Crippen LogP) is 2.72. The summed E-state index contributed by atoms with van der Waals surface area (Å²) in [6.45, 7) is 3.71. The van der Waals surface area contributed by atoms with Gasteiger partial charge in [-0.1, -0.05) is 30.3 Å². The molecule has 0 aromatic heterocycles. The van der Waals surface area contributed by atoms with Gasteiger partial charge in [0.25, 0.3) is 5.91 Å². The lowest BCUT2D eigenvalue weighted by Gasteiger charge is -2.40. The highest BCUT2D eigenvalue weighted by atomic mass is 16.3. The number of nitrogens with zero attached hydrogens (tertiary/aromatic N) is 1. The molecule has 0 unspecified atom stereocenters. The van der Waals surface area contributed by atoms with Gasteiger partial charge >= 0.3 is 0 Å². The first-order valence-electron chi connectivity index (χ1n) is 9.13. The molecule has 1 heterocycles. The van der Waals surface area contributed by atoms with Crippen LogP contribution in [0.15, 0.2) is 48.5 Å². The first-order chi connectivity index (χ1) is 12.5. The molecule has 2 aromatic carbocycles. The van der Waals surface area contributed by atoms with E-state index in [1.807, 2.05) is 37.3 Å². The lowest BCUT2D eigenvalue weighted by Crippen LogP contribution is -2.46. The van der Waals surface area contributed by atoms with Crippen LogP contribution in [0, 0.1) is 0 Å². The zero-order valence-corrected chi connectivity index (χ0v) is 15.1. The lowest BCUT2D eigenvalue weighted by atomic mass is 9.85. The molecule has 3 rings (SSSR count). The maximum absolute atomic E-state index is 12.3. The third-order valence-corrected chi connectivity index (χ3v) is 4.97. The van der Waals surface area contributed by atoms with Gasteiger partial charge in [0.1, 0.15) is 5.75 Å². The number of aromatic hydroxyl groups is 1. The van der Waals surface area contributed by atoms with E-state index in [9.17, 15) is 15.0 Å². The fraction of sp³-hybridized carbons (Fsp3) is 0.381. The highest BCUT2D eigenvalue weighted by molar-refractivity contribution is 6.00.